The maximum atomic E-state index is 11.7. The van der Waals surface area contributed by atoms with Gasteiger partial charge < -0.3 is 10.1 Å². The molecule has 1 fully saturated rings. The zero-order chi connectivity index (χ0) is 17.8. The molecule has 1 aliphatic heterocycles. The van der Waals surface area contributed by atoms with E-state index in [-0.39, 0.29) is 5.91 Å². The molecule has 4 nitrogen and oxygen atoms in total. The molecule has 124 valence electrons. The predicted molar refractivity (Wildman–Crippen MR) is 106 cm³/mol. The number of thiocarbonyl (C=S) groups is 1. The van der Waals surface area contributed by atoms with E-state index in [0.29, 0.717) is 27.1 Å². The van der Waals surface area contributed by atoms with Gasteiger partial charge in [-0.15, -0.1) is 0 Å². The summed E-state index contributed by atoms with van der Waals surface area (Å²) in [5.74, 6) is 0.480. The second-order valence-corrected chi connectivity index (χ2v) is 7.67. The van der Waals surface area contributed by atoms with E-state index in [9.17, 15) is 4.79 Å². The Morgan fingerprint density at radius 1 is 1.32 bits per heavy atom. The number of benzene rings is 2. The normalized spacial score (nSPS) is 15.1. The summed E-state index contributed by atoms with van der Waals surface area (Å²) in [5.41, 5.74) is 2.29. The average Bonchev–Trinajstić information content (AvgIpc) is 2.91. The van der Waals surface area contributed by atoms with Gasteiger partial charge >= 0.3 is 0 Å². The van der Waals surface area contributed by atoms with Crippen LogP contribution in [0.3, 0.4) is 0 Å². The average molecular weight is 431 g/mol. The number of thioether (sulfide) groups is 1. The Balaban J connectivity index is 1.74. The molecule has 1 saturated heterocycles. The van der Waals surface area contributed by atoms with Gasteiger partial charge in [0.1, 0.15) is 16.7 Å². The second kappa shape index (κ2) is 7.83. The number of nitrogens with zero attached hydrogens (tertiary/aromatic N) is 1. The van der Waals surface area contributed by atoms with E-state index in [0.717, 1.165) is 15.6 Å². The number of halogens is 1. The fraction of sp³-hybridized carbons (Fsp3) is 0.0556. The summed E-state index contributed by atoms with van der Waals surface area (Å²) >= 11 is 9.70. The van der Waals surface area contributed by atoms with Gasteiger partial charge in [-0.25, -0.2) is 0 Å². The number of nitriles is 1. The minimum absolute atomic E-state index is 0.181. The first-order valence-corrected chi connectivity index (χ1v) is 9.24. The number of nitrogens with one attached hydrogen (secondary N) is 1. The van der Waals surface area contributed by atoms with E-state index in [2.05, 4.69) is 27.3 Å². The van der Waals surface area contributed by atoms with E-state index in [1.165, 1.54) is 11.8 Å². The molecule has 1 amide bonds. The van der Waals surface area contributed by atoms with Gasteiger partial charge in [0.25, 0.3) is 5.91 Å². The molecule has 1 N–H and O–H groups in total. The molecule has 1 heterocycles. The quantitative estimate of drug-likeness (QED) is 0.575. The van der Waals surface area contributed by atoms with Crippen LogP contribution in [0.1, 0.15) is 16.7 Å². The zero-order valence-corrected chi connectivity index (χ0v) is 16.0. The van der Waals surface area contributed by atoms with Crippen molar-refractivity contribution in [2.75, 3.05) is 0 Å². The van der Waals surface area contributed by atoms with Crippen molar-refractivity contribution in [1.82, 2.24) is 5.32 Å². The highest BCUT2D eigenvalue weighted by molar-refractivity contribution is 9.10. The van der Waals surface area contributed by atoms with Crippen LogP contribution in [-0.2, 0) is 11.4 Å². The minimum Gasteiger partial charge on any atom is -0.488 e. The number of carbonyl (C=O) groups excluding carboxylic acids is 1. The summed E-state index contributed by atoms with van der Waals surface area (Å²) in [6, 6.07) is 15.0. The van der Waals surface area contributed by atoms with Gasteiger partial charge in [0.15, 0.2) is 0 Å². The SMILES string of the molecule is N#Cc1ccccc1COc1ccc(/C=C2\SC(=S)NC2=O)cc1Br. The number of hydrogen-bond donors (Lipinski definition) is 1. The number of rotatable bonds is 4. The summed E-state index contributed by atoms with van der Waals surface area (Å²) in [6.45, 7) is 0.301. The van der Waals surface area contributed by atoms with Crippen molar-refractivity contribution in [1.29, 1.82) is 5.26 Å². The van der Waals surface area contributed by atoms with Gasteiger partial charge in [0, 0.05) is 5.56 Å². The molecular formula is C18H11BrN2O2S2. The van der Waals surface area contributed by atoms with Crippen molar-refractivity contribution < 1.29 is 9.53 Å². The number of hydrogen-bond acceptors (Lipinski definition) is 5. The van der Waals surface area contributed by atoms with Gasteiger partial charge in [0.05, 0.1) is 21.0 Å². The van der Waals surface area contributed by atoms with Crippen molar-refractivity contribution in [3.63, 3.8) is 0 Å². The standard InChI is InChI=1S/C18H11BrN2O2S2/c19-14-7-11(8-16-17(22)21-18(24)25-16)5-6-15(14)23-10-13-4-2-1-3-12(13)9-20/h1-8H,10H2,(H,21,22,24)/b16-8-. The molecule has 7 heteroatoms. The number of amides is 1. The molecule has 2 aromatic rings. The summed E-state index contributed by atoms with van der Waals surface area (Å²) < 4.78 is 7.03. The Hall–Kier alpha value is -2.14. The Bertz CT molecular complexity index is 935. The molecule has 0 atom stereocenters. The number of carbonyl (C=O) groups is 1. The Kier molecular flexibility index (Phi) is 5.53. The summed E-state index contributed by atoms with van der Waals surface area (Å²) in [4.78, 5) is 12.3. The molecular weight excluding hydrogens is 420 g/mol. The van der Waals surface area contributed by atoms with Crippen LogP contribution in [0, 0.1) is 11.3 Å². The van der Waals surface area contributed by atoms with Crippen LogP contribution >= 0.6 is 39.9 Å². The lowest BCUT2D eigenvalue weighted by molar-refractivity contribution is -0.115. The molecule has 0 aliphatic carbocycles. The van der Waals surface area contributed by atoms with Crippen molar-refractivity contribution in [3.05, 3.63) is 68.5 Å². The third-order valence-electron chi connectivity index (χ3n) is 3.42. The van der Waals surface area contributed by atoms with Crippen molar-refractivity contribution in [2.45, 2.75) is 6.61 Å². The first-order valence-electron chi connectivity index (χ1n) is 7.22. The number of ether oxygens (including phenoxy) is 1. The summed E-state index contributed by atoms with van der Waals surface area (Å²) in [6.07, 6.45) is 1.78. The molecule has 0 unspecified atom stereocenters. The van der Waals surface area contributed by atoms with Crippen LogP contribution in [0.25, 0.3) is 6.08 Å². The maximum absolute atomic E-state index is 11.7. The summed E-state index contributed by atoms with van der Waals surface area (Å²) in [5, 5.41) is 11.7. The molecule has 0 radical (unpaired) electrons. The largest absolute Gasteiger partial charge is 0.488 e. The monoisotopic (exact) mass is 430 g/mol. The highest BCUT2D eigenvalue weighted by atomic mass is 79.9. The van der Waals surface area contributed by atoms with Crippen molar-refractivity contribution >= 4 is 56.2 Å². The van der Waals surface area contributed by atoms with Gasteiger partial charge in [-0.1, -0.05) is 48.2 Å². The van der Waals surface area contributed by atoms with Gasteiger partial charge in [-0.2, -0.15) is 5.26 Å². The van der Waals surface area contributed by atoms with E-state index >= 15 is 0 Å². The highest BCUT2D eigenvalue weighted by Crippen LogP contribution is 2.30. The Morgan fingerprint density at radius 2 is 2.12 bits per heavy atom. The van der Waals surface area contributed by atoms with Crippen LogP contribution in [0.5, 0.6) is 5.75 Å². The lowest BCUT2D eigenvalue weighted by Gasteiger charge is -2.10. The van der Waals surface area contributed by atoms with Crippen LogP contribution in [0.4, 0.5) is 0 Å². The maximum Gasteiger partial charge on any atom is 0.263 e. The Labute approximate surface area is 163 Å². The molecule has 1 aliphatic rings. The van der Waals surface area contributed by atoms with Crippen LogP contribution in [0.15, 0.2) is 51.8 Å². The highest BCUT2D eigenvalue weighted by Gasteiger charge is 2.22. The predicted octanol–water partition coefficient (Wildman–Crippen LogP) is 4.39. The molecule has 0 spiro atoms. The molecule has 0 aromatic heterocycles. The van der Waals surface area contributed by atoms with E-state index < -0.39 is 0 Å². The molecule has 25 heavy (non-hydrogen) atoms. The van der Waals surface area contributed by atoms with Crippen molar-refractivity contribution in [2.24, 2.45) is 0 Å². The zero-order valence-electron chi connectivity index (χ0n) is 12.8. The van der Waals surface area contributed by atoms with Crippen LogP contribution in [0.2, 0.25) is 0 Å². The lowest BCUT2D eigenvalue weighted by atomic mass is 10.1. The topological polar surface area (TPSA) is 62.1 Å². The van der Waals surface area contributed by atoms with Crippen molar-refractivity contribution in [3.8, 4) is 11.8 Å². The fourth-order valence-corrected chi connectivity index (χ4v) is 3.76. The third kappa shape index (κ3) is 4.28. The molecule has 2 aromatic carbocycles. The van der Waals surface area contributed by atoms with Crippen LogP contribution in [-0.4, -0.2) is 10.2 Å². The first kappa shape index (κ1) is 17.7. The van der Waals surface area contributed by atoms with Gasteiger partial charge in [-0.3, -0.25) is 4.79 Å². The second-order valence-electron chi connectivity index (χ2n) is 5.10. The third-order valence-corrected chi connectivity index (χ3v) is 5.20. The van der Waals surface area contributed by atoms with Crippen LogP contribution < -0.4 is 10.1 Å². The van der Waals surface area contributed by atoms with E-state index in [4.69, 9.17) is 22.2 Å². The lowest BCUT2D eigenvalue weighted by Crippen LogP contribution is -2.17. The Morgan fingerprint density at radius 3 is 2.80 bits per heavy atom. The molecule has 0 bridgehead atoms. The fourth-order valence-electron chi connectivity index (χ4n) is 2.21. The smallest absolute Gasteiger partial charge is 0.263 e. The first-order chi connectivity index (χ1) is 12.1. The van der Waals surface area contributed by atoms with Gasteiger partial charge in [0.2, 0.25) is 0 Å². The van der Waals surface area contributed by atoms with E-state index in [1.807, 2.05) is 36.4 Å². The summed E-state index contributed by atoms with van der Waals surface area (Å²) in [7, 11) is 0. The molecule has 0 saturated carbocycles. The van der Waals surface area contributed by atoms with Gasteiger partial charge in [-0.05, 0) is 45.8 Å². The minimum atomic E-state index is -0.181. The molecule has 3 rings (SSSR count). The van der Waals surface area contributed by atoms with E-state index in [1.54, 1.807) is 12.1 Å².